The standard InChI is InChI=1S/C25H24ClNO5/c1-15(24(29)30)11-22(27-23(28)19-9-10-20(13-19)25(31)32)12-16-5-7-17(8-6-16)18-3-2-4-21(26)14-18/h2-10,14-15,22H,11-13H2,1H3,(H,27,28)(H,29,30)(H,31,32)/t15-,22-/m0/s1. The van der Waals surface area contributed by atoms with E-state index >= 15 is 0 Å². The van der Waals surface area contributed by atoms with Gasteiger partial charge in [0.1, 0.15) is 0 Å². The number of amides is 1. The monoisotopic (exact) mass is 453 g/mol. The highest BCUT2D eigenvalue weighted by molar-refractivity contribution is 6.30. The van der Waals surface area contributed by atoms with E-state index in [-0.39, 0.29) is 24.3 Å². The second-order valence-corrected chi connectivity index (χ2v) is 8.36. The molecule has 166 valence electrons. The van der Waals surface area contributed by atoms with Gasteiger partial charge in [-0.15, -0.1) is 0 Å². The molecule has 7 heteroatoms. The third-order valence-electron chi connectivity index (χ3n) is 5.42. The van der Waals surface area contributed by atoms with Gasteiger partial charge in [-0.3, -0.25) is 9.59 Å². The van der Waals surface area contributed by atoms with E-state index < -0.39 is 23.9 Å². The maximum atomic E-state index is 12.7. The lowest BCUT2D eigenvalue weighted by molar-refractivity contribution is -0.141. The summed E-state index contributed by atoms with van der Waals surface area (Å²) in [5, 5.41) is 21.9. The molecule has 0 bridgehead atoms. The molecule has 0 heterocycles. The SMILES string of the molecule is C[C@@H](C[C@@H](Cc1ccc(-c2cccc(Cl)c2)cc1)NC(=O)C1=CC=C(C(=O)O)C1)C(=O)O. The Kier molecular flexibility index (Phi) is 7.49. The van der Waals surface area contributed by atoms with Crippen molar-refractivity contribution in [3.63, 3.8) is 0 Å². The molecular weight excluding hydrogens is 430 g/mol. The van der Waals surface area contributed by atoms with Crippen LogP contribution in [0.15, 0.2) is 71.8 Å². The number of rotatable bonds is 9. The number of aliphatic carboxylic acids is 2. The smallest absolute Gasteiger partial charge is 0.331 e. The number of hydrogen-bond donors (Lipinski definition) is 3. The molecule has 0 saturated heterocycles. The molecule has 2 aromatic carbocycles. The second kappa shape index (κ2) is 10.3. The van der Waals surface area contributed by atoms with Crippen molar-refractivity contribution in [3.8, 4) is 11.1 Å². The van der Waals surface area contributed by atoms with Gasteiger partial charge < -0.3 is 15.5 Å². The van der Waals surface area contributed by atoms with Gasteiger partial charge >= 0.3 is 11.9 Å². The van der Waals surface area contributed by atoms with Crippen LogP contribution in [0.25, 0.3) is 11.1 Å². The highest BCUT2D eigenvalue weighted by Crippen LogP contribution is 2.24. The molecule has 2 atom stereocenters. The highest BCUT2D eigenvalue weighted by atomic mass is 35.5. The van der Waals surface area contributed by atoms with Crippen molar-refractivity contribution < 1.29 is 24.6 Å². The van der Waals surface area contributed by atoms with Crippen LogP contribution in [0.5, 0.6) is 0 Å². The quantitative estimate of drug-likeness (QED) is 0.519. The van der Waals surface area contributed by atoms with Crippen molar-refractivity contribution in [1.29, 1.82) is 0 Å². The number of halogens is 1. The van der Waals surface area contributed by atoms with Gasteiger partial charge in [0.15, 0.2) is 0 Å². The van der Waals surface area contributed by atoms with Gasteiger partial charge in [-0.25, -0.2) is 4.79 Å². The molecule has 0 aliphatic heterocycles. The van der Waals surface area contributed by atoms with Gasteiger partial charge in [-0.05, 0) is 41.7 Å². The lowest BCUT2D eigenvalue weighted by atomic mass is 9.94. The van der Waals surface area contributed by atoms with Gasteiger partial charge in [0.05, 0.1) is 5.92 Å². The number of carbonyl (C=O) groups excluding carboxylic acids is 1. The number of benzene rings is 2. The Morgan fingerprint density at radius 1 is 1.00 bits per heavy atom. The summed E-state index contributed by atoms with van der Waals surface area (Å²) >= 11 is 6.07. The molecule has 2 aromatic rings. The summed E-state index contributed by atoms with van der Waals surface area (Å²) in [5.41, 5.74) is 3.44. The van der Waals surface area contributed by atoms with Crippen molar-refractivity contribution in [3.05, 3.63) is 82.4 Å². The Hall–Kier alpha value is -3.38. The van der Waals surface area contributed by atoms with Crippen LogP contribution in [0, 0.1) is 5.92 Å². The molecule has 0 fully saturated rings. The average Bonchev–Trinajstić information content (AvgIpc) is 3.25. The van der Waals surface area contributed by atoms with E-state index in [1.165, 1.54) is 12.2 Å². The molecule has 0 unspecified atom stereocenters. The molecule has 3 N–H and O–H groups in total. The van der Waals surface area contributed by atoms with Gasteiger partial charge in [0.2, 0.25) is 5.91 Å². The minimum absolute atomic E-state index is 0.0523. The fraction of sp³-hybridized carbons (Fsp3) is 0.240. The van der Waals surface area contributed by atoms with Crippen LogP contribution < -0.4 is 5.32 Å². The summed E-state index contributed by atoms with van der Waals surface area (Å²) in [5.74, 6) is -3.01. The topological polar surface area (TPSA) is 104 Å². The van der Waals surface area contributed by atoms with Gasteiger partial charge in [-0.1, -0.05) is 67.1 Å². The van der Waals surface area contributed by atoms with Crippen molar-refractivity contribution in [2.45, 2.75) is 32.2 Å². The van der Waals surface area contributed by atoms with E-state index in [4.69, 9.17) is 16.7 Å². The number of carbonyl (C=O) groups is 3. The van der Waals surface area contributed by atoms with Gasteiger partial charge in [0.25, 0.3) is 0 Å². The van der Waals surface area contributed by atoms with Gasteiger partial charge in [0, 0.05) is 28.6 Å². The van der Waals surface area contributed by atoms with Crippen LogP contribution in [0.4, 0.5) is 0 Å². The maximum Gasteiger partial charge on any atom is 0.331 e. The third kappa shape index (κ3) is 6.08. The lowest BCUT2D eigenvalue weighted by Gasteiger charge is -2.21. The molecule has 0 spiro atoms. The van der Waals surface area contributed by atoms with E-state index in [0.717, 1.165) is 16.7 Å². The van der Waals surface area contributed by atoms with E-state index in [9.17, 15) is 19.5 Å². The first-order valence-electron chi connectivity index (χ1n) is 10.2. The second-order valence-electron chi connectivity index (χ2n) is 7.92. The largest absolute Gasteiger partial charge is 0.481 e. The van der Waals surface area contributed by atoms with Crippen molar-refractivity contribution in [1.82, 2.24) is 5.32 Å². The molecular formula is C25H24ClNO5. The number of nitrogens with one attached hydrogen (secondary N) is 1. The van der Waals surface area contributed by atoms with Crippen LogP contribution in [0.1, 0.15) is 25.3 Å². The summed E-state index contributed by atoms with van der Waals surface area (Å²) in [6, 6.07) is 14.9. The zero-order valence-electron chi connectivity index (χ0n) is 17.5. The van der Waals surface area contributed by atoms with Crippen LogP contribution in [-0.4, -0.2) is 34.1 Å². The fourth-order valence-corrected chi connectivity index (χ4v) is 3.80. The maximum absolute atomic E-state index is 12.7. The Bertz CT molecular complexity index is 1090. The van der Waals surface area contributed by atoms with E-state index in [1.807, 2.05) is 48.5 Å². The highest BCUT2D eigenvalue weighted by Gasteiger charge is 2.24. The van der Waals surface area contributed by atoms with Crippen LogP contribution >= 0.6 is 11.6 Å². The summed E-state index contributed by atoms with van der Waals surface area (Å²) < 4.78 is 0. The molecule has 1 amide bonds. The van der Waals surface area contributed by atoms with Gasteiger partial charge in [-0.2, -0.15) is 0 Å². The molecule has 1 aliphatic rings. The van der Waals surface area contributed by atoms with Crippen molar-refractivity contribution in [2.24, 2.45) is 5.92 Å². The Morgan fingerprint density at radius 2 is 1.69 bits per heavy atom. The average molecular weight is 454 g/mol. The fourth-order valence-electron chi connectivity index (χ4n) is 3.61. The molecule has 3 rings (SSSR count). The van der Waals surface area contributed by atoms with E-state index in [1.54, 1.807) is 6.92 Å². The summed E-state index contributed by atoms with van der Waals surface area (Å²) in [4.78, 5) is 35.1. The number of carboxylic acid groups (broad SMARTS) is 2. The first-order valence-corrected chi connectivity index (χ1v) is 10.6. The van der Waals surface area contributed by atoms with Crippen LogP contribution in [0.3, 0.4) is 0 Å². The normalized spacial score (nSPS) is 14.8. The molecule has 32 heavy (non-hydrogen) atoms. The zero-order chi connectivity index (χ0) is 23.3. The van der Waals surface area contributed by atoms with E-state index in [2.05, 4.69) is 5.32 Å². The summed E-state index contributed by atoms with van der Waals surface area (Å²) in [6.45, 7) is 1.60. The van der Waals surface area contributed by atoms with Crippen molar-refractivity contribution >= 4 is 29.4 Å². The Morgan fingerprint density at radius 3 is 2.28 bits per heavy atom. The van der Waals surface area contributed by atoms with Crippen molar-refractivity contribution in [2.75, 3.05) is 0 Å². The first-order chi connectivity index (χ1) is 15.2. The first kappa shape index (κ1) is 23.3. The number of allylic oxidation sites excluding steroid dienone is 2. The third-order valence-corrected chi connectivity index (χ3v) is 5.66. The summed E-state index contributed by atoms with van der Waals surface area (Å²) in [7, 11) is 0. The molecule has 0 saturated carbocycles. The molecule has 0 radical (unpaired) electrons. The zero-order valence-corrected chi connectivity index (χ0v) is 18.3. The van der Waals surface area contributed by atoms with E-state index in [0.29, 0.717) is 17.0 Å². The number of hydrogen-bond acceptors (Lipinski definition) is 3. The predicted molar refractivity (Wildman–Crippen MR) is 122 cm³/mol. The minimum Gasteiger partial charge on any atom is -0.481 e. The predicted octanol–water partition coefficient (Wildman–Crippen LogP) is 4.49. The molecule has 6 nitrogen and oxygen atoms in total. The van der Waals surface area contributed by atoms with Crippen LogP contribution in [-0.2, 0) is 20.8 Å². The number of carboxylic acids is 2. The summed E-state index contributed by atoms with van der Waals surface area (Å²) in [6.07, 6.45) is 3.67. The molecule has 1 aliphatic carbocycles. The lowest BCUT2D eigenvalue weighted by Crippen LogP contribution is -2.39. The Balaban J connectivity index is 1.71. The minimum atomic E-state index is -1.06. The molecule has 0 aromatic heterocycles. The van der Waals surface area contributed by atoms with Crippen LogP contribution in [0.2, 0.25) is 5.02 Å². The Labute approximate surface area is 191 Å².